The van der Waals surface area contributed by atoms with Gasteiger partial charge in [-0.1, -0.05) is 23.7 Å². The minimum Gasteiger partial charge on any atom is -0.497 e. The predicted octanol–water partition coefficient (Wildman–Crippen LogP) is 5.38. The summed E-state index contributed by atoms with van der Waals surface area (Å²) in [5, 5.41) is 1.06. The van der Waals surface area contributed by atoms with Crippen molar-refractivity contribution in [3.63, 3.8) is 0 Å². The summed E-state index contributed by atoms with van der Waals surface area (Å²) in [5.74, 6) is -0.885. The van der Waals surface area contributed by atoms with Gasteiger partial charge in [-0.15, -0.1) is 11.8 Å². The van der Waals surface area contributed by atoms with Crippen molar-refractivity contribution in [1.29, 1.82) is 0 Å². The number of halogens is 2. The van der Waals surface area contributed by atoms with Crippen LogP contribution < -0.4 is 4.74 Å². The third kappa shape index (κ3) is 6.09. The first kappa shape index (κ1) is 24.2. The van der Waals surface area contributed by atoms with Gasteiger partial charge in [0.05, 0.1) is 17.7 Å². The zero-order valence-corrected chi connectivity index (χ0v) is 20.1. The van der Waals surface area contributed by atoms with Crippen molar-refractivity contribution in [2.75, 3.05) is 19.1 Å². The van der Waals surface area contributed by atoms with E-state index in [2.05, 4.69) is 4.98 Å². The second-order valence-corrected chi connectivity index (χ2v) is 10.8. The number of benzene rings is 2. The molecule has 1 aromatic heterocycles. The molecule has 2 aromatic carbocycles. The summed E-state index contributed by atoms with van der Waals surface area (Å²) in [4.78, 5) is 16.6. The number of aryl methyl sites for hydroxylation is 1. The number of hydrogen-bond acceptors (Lipinski definition) is 6. The van der Waals surface area contributed by atoms with Crippen molar-refractivity contribution in [3.05, 3.63) is 76.2 Å². The predicted molar refractivity (Wildman–Crippen MR) is 126 cm³/mol. The van der Waals surface area contributed by atoms with Gasteiger partial charge >= 0.3 is 0 Å². The van der Waals surface area contributed by atoms with Crippen LogP contribution in [0, 0.1) is 12.7 Å². The van der Waals surface area contributed by atoms with E-state index in [1.165, 1.54) is 23.9 Å². The number of carbonyl (C=O) groups excluding carboxylic acids is 1. The second kappa shape index (κ2) is 10.0. The monoisotopic (exact) mass is 493 g/mol. The Morgan fingerprint density at radius 1 is 1.22 bits per heavy atom. The van der Waals surface area contributed by atoms with Gasteiger partial charge in [-0.05, 0) is 53.9 Å². The summed E-state index contributed by atoms with van der Waals surface area (Å²) in [6, 6.07) is 12.0. The van der Waals surface area contributed by atoms with E-state index in [4.69, 9.17) is 16.3 Å². The van der Waals surface area contributed by atoms with Crippen LogP contribution in [0.5, 0.6) is 5.75 Å². The Bertz CT molecular complexity index is 1280. The highest BCUT2D eigenvalue weighted by Crippen LogP contribution is 2.33. The summed E-state index contributed by atoms with van der Waals surface area (Å²) in [6.45, 7) is 1.71. The first-order chi connectivity index (χ1) is 15.1. The number of methoxy groups -OCH3 is 1. The van der Waals surface area contributed by atoms with Gasteiger partial charge in [0, 0.05) is 23.8 Å². The van der Waals surface area contributed by atoms with E-state index in [-0.39, 0.29) is 5.56 Å². The topological polar surface area (TPSA) is 73.3 Å². The number of thioether (sulfide) groups is 1. The molecule has 32 heavy (non-hydrogen) atoms. The fraction of sp³-hybridized carbons (Fsp3) is 0.217. The van der Waals surface area contributed by atoms with Gasteiger partial charge in [-0.2, -0.15) is 0 Å². The Labute approximate surface area is 195 Å². The first-order valence-electron chi connectivity index (χ1n) is 9.50. The summed E-state index contributed by atoms with van der Waals surface area (Å²) in [7, 11) is -1.94. The minimum atomic E-state index is -3.56. The van der Waals surface area contributed by atoms with Crippen molar-refractivity contribution in [3.8, 4) is 16.9 Å². The Morgan fingerprint density at radius 2 is 1.97 bits per heavy atom. The Morgan fingerprint density at radius 3 is 2.62 bits per heavy atom. The van der Waals surface area contributed by atoms with Gasteiger partial charge < -0.3 is 4.74 Å². The van der Waals surface area contributed by atoms with Gasteiger partial charge in [0.1, 0.15) is 22.3 Å². The van der Waals surface area contributed by atoms with E-state index in [1.54, 1.807) is 26.3 Å². The Hall–Kier alpha value is -2.42. The molecule has 0 atom stereocenters. The molecule has 0 saturated heterocycles. The summed E-state index contributed by atoms with van der Waals surface area (Å²) < 4.78 is 42.6. The minimum absolute atomic E-state index is 0.249. The molecule has 5 nitrogen and oxygen atoms in total. The maximum absolute atomic E-state index is 14.6. The molecule has 0 fully saturated rings. The molecule has 0 N–H and O–H groups in total. The third-order valence-electron chi connectivity index (χ3n) is 4.64. The average Bonchev–Trinajstić information content (AvgIpc) is 2.73. The first-order valence-corrected chi connectivity index (χ1v) is 12.9. The number of hydrogen-bond donors (Lipinski definition) is 0. The van der Waals surface area contributed by atoms with E-state index < -0.39 is 27.2 Å². The summed E-state index contributed by atoms with van der Waals surface area (Å²) >= 11 is 7.90. The smallest absolute Gasteiger partial charge is 0.180 e. The molecule has 0 aliphatic heterocycles. The van der Waals surface area contributed by atoms with Crippen LogP contribution in [0.15, 0.2) is 53.7 Å². The molecule has 0 saturated carbocycles. The Balaban J connectivity index is 1.82. The number of nitrogens with zero attached hydrogens (tertiary/aromatic N) is 1. The van der Waals surface area contributed by atoms with Crippen molar-refractivity contribution >= 4 is 39.0 Å². The van der Waals surface area contributed by atoms with E-state index >= 15 is 0 Å². The highest BCUT2D eigenvalue weighted by Gasteiger charge is 2.19. The fourth-order valence-electron chi connectivity index (χ4n) is 3.11. The molecule has 3 aromatic rings. The van der Waals surface area contributed by atoms with Crippen LogP contribution in [0.3, 0.4) is 0 Å². The lowest BCUT2D eigenvalue weighted by Gasteiger charge is -2.11. The summed E-state index contributed by atoms with van der Waals surface area (Å²) in [6.07, 6.45) is 2.53. The fourth-order valence-corrected chi connectivity index (χ4v) is 4.88. The lowest BCUT2D eigenvalue weighted by molar-refractivity contribution is 0.101. The van der Waals surface area contributed by atoms with Crippen LogP contribution in [0.2, 0.25) is 5.02 Å². The molecule has 9 heteroatoms. The van der Waals surface area contributed by atoms with Crippen LogP contribution in [-0.4, -0.2) is 38.3 Å². The van der Waals surface area contributed by atoms with Crippen molar-refractivity contribution in [1.82, 2.24) is 4.98 Å². The third-order valence-corrected chi connectivity index (χ3v) is 6.90. The lowest BCUT2D eigenvalue weighted by Crippen LogP contribution is -2.16. The molecule has 0 radical (unpaired) electrons. The number of aromatic nitrogens is 1. The number of ketones is 1. The molecular formula is C23H21ClFNO4S2. The standard InChI is InChI=1S/C23H21ClFNO4S2/c1-14-7-19(22(27)13-32(3,28)29)21(25)10-18(14)16-9-20(24)23(26-11-16)31-12-15-5-4-6-17(8-15)30-2/h4-11H,12-13H2,1-3H3. The molecule has 0 unspecified atom stereocenters. The second-order valence-electron chi connectivity index (χ2n) is 7.29. The normalized spacial score (nSPS) is 11.4. The highest BCUT2D eigenvalue weighted by atomic mass is 35.5. The quantitative estimate of drug-likeness (QED) is 0.310. The largest absolute Gasteiger partial charge is 0.497 e. The number of Topliss-reactive ketones (excluding diaryl/α,β-unsaturated/α-hetero) is 1. The van der Waals surface area contributed by atoms with Crippen LogP contribution in [-0.2, 0) is 15.6 Å². The molecule has 1 heterocycles. The average molecular weight is 494 g/mol. The molecule has 0 aliphatic carbocycles. The maximum atomic E-state index is 14.6. The van der Waals surface area contributed by atoms with Gasteiger partial charge in [0.2, 0.25) is 0 Å². The van der Waals surface area contributed by atoms with Gasteiger partial charge in [-0.25, -0.2) is 17.8 Å². The molecule has 0 aliphatic rings. The zero-order chi connectivity index (χ0) is 23.5. The molecule has 0 bridgehead atoms. The van der Waals surface area contributed by atoms with Crippen molar-refractivity contribution < 1.29 is 22.3 Å². The van der Waals surface area contributed by atoms with Crippen molar-refractivity contribution in [2.24, 2.45) is 0 Å². The SMILES string of the molecule is COc1cccc(CSc2ncc(-c3cc(F)c(C(=O)CS(C)(=O)=O)cc3C)cc2Cl)c1. The number of ether oxygens (including phenoxy) is 1. The zero-order valence-electron chi connectivity index (χ0n) is 17.7. The molecular weight excluding hydrogens is 473 g/mol. The molecule has 0 amide bonds. The lowest BCUT2D eigenvalue weighted by atomic mass is 9.98. The number of carbonyl (C=O) groups is 1. The Kier molecular flexibility index (Phi) is 7.59. The van der Waals surface area contributed by atoms with Crippen LogP contribution in [0.1, 0.15) is 21.5 Å². The van der Waals surface area contributed by atoms with Crippen LogP contribution in [0.25, 0.3) is 11.1 Å². The number of pyridine rings is 1. The van der Waals surface area contributed by atoms with Gasteiger partial charge in [0.15, 0.2) is 15.6 Å². The summed E-state index contributed by atoms with van der Waals surface area (Å²) in [5.41, 5.74) is 2.54. The van der Waals surface area contributed by atoms with E-state index in [1.807, 2.05) is 24.3 Å². The van der Waals surface area contributed by atoms with Crippen LogP contribution in [0.4, 0.5) is 4.39 Å². The van der Waals surface area contributed by atoms with Gasteiger partial charge in [-0.3, -0.25) is 4.79 Å². The maximum Gasteiger partial charge on any atom is 0.180 e. The molecule has 3 rings (SSSR count). The van der Waals surface area contributed by atoms with Gasteiger partial charge in [0.25, 0.3) is 0 Å². The van der Waals surface area contributed by atoms with Crippen molar-refractivity contribution in [2.45, 2.75) is 17.7 Å². The highest BCUT2D eigenvalue weighted by molar-refractivity contribution is 7.98. The molecule has 0 spiro atoms. The van der Waals surface area contributed by atoms with E-state index in [0.29, 0.717) is 32.5 Å². The van der Waals surface area contributed by atoms with E-state index in [0.717, 1.165) is 17.6 Å². The number of sulfone groups is 1. The molecule has 168 valence electrons. The van der Waals surface area contributed by atoms with Crippen LogP contribution >= 0.6 is 23.4 Å². The number of rotatable bonds is 8. The van der Waals surface area contributed by atoms with E-state index in [9.17, 15) is 17.6 Å².